The van der Waals surface area contributed by atoms with E-state index in [0.29, 0.717) is 0 Å². The molecule has 0 bridgehead atoms. The van der Waals surface area contributed by atoms with Crippen molar-refractivity contribution in [3.05, 3.63) is 35.4 Å². The number of piperidine rings is 1. The summed E-state index contributed by atoms with van der Waals surface area (Å²) in [5, 5.41) is 13.3. The topological polar surface area (TPSA) is 35.8 Å². The number of likely N-dealkylation sites (tertiary alicyclic amines) is 1. The summed E-state index contributed by atoms with van der Waals surface area (Å²) in [4.78, 5) is 2.55. The average Bonchev–Trinajstić information content (AvgIpc) is 2.82. The molecule has 0 aromatic heterocycles. The van der Waals surface area contributed by atoms with Gasteiger partial charge in [-0.25, -0.2) is 0 Å². The van der Waals surface area contributed by atoms with Crippen molar-refractivity contribution in [3.63, 3.8) is 0 Å². The minimum Gasteiger partial charge on any atom is -0.411 e. The van der Waals surface area contributed by atoms with Crippen molar-refractivity contribution >= 4 is 5.71 Å². The smallest absolute Gasteiger partial charge is 0.108 e. The number of fused-ring (bicyclic) bond motifs is 1. The number of hydrogen-bond donors (Lipinski definition) is 1. The van der Waals surface area contributed by atoms with E-state index in [9.17, 15) is 5.21 Å². The maximum atomic E-state index is 9.57. The normalized spacial score (nSPS) is 29.6. The molecular formula is C16H22N2O. The Balaban J connectivity index is 2.03. The third-order valence-corrected chi connectivity index (χ3v) is 4.84. The van der Waals surface area contributed by atoms with Crippen molar-refractivity contribution in [1.29, 1.82) is 0 Å². The zero-order valence-corrected chi connectivity index (χ0v) is 11.6. The Kier molecular flexibility index (Phi) is 3.31. The highest BCUT2D eigenvalue weighted by Gasteiger charge is 2.46. The highest BCUT2D eigenvalue weighted by atomic mass is 16.4. The van der Waals surface area contributed by atoms with E-state index < -0.39 is 0 Å². The molecule has 0 radical (unpaired) electrons. The fraction of sp³-hybridized carbons (Fsp3) is 0.562. The molecule has 19 heavy (non-hydrogen) atoms. The van der Waals surface area contributed by atoms with Crippen LogP contribution < -0.4 is 0 Å². The molecule has 1 unspecified atom stereocenters. The maximum Gasteiger partial charge on any atom is 0.108 e. The van der Waals surface area contributed by atoms with Crippen LogP contribution in [0.4, 0.5) is 0 Å². The monoisotopic (exact) mass is 258 g/mol. The molecular weight excluding hydrogens is 236 g/mol. The summed E-state index contributed by atoms with van der Waals surface area (Å²) in [6.07, 6.45) is 5.84. The molecule has 0 amide bonds. The molecule has 1 aromatic rings. The molecule has 1 aromatic carbocycles. The summed E-state index contributed by atoms with van der Waals surface area (Å²) >= 11 is 0. The summed E-state index contributed by atoms with van der Waals surface area (Å²) < 4.78 is 0. The van der Waals surface area contributed by atoms with E-state index in [2.05, 4.69) is 35.2 Å². The number of nitrogens with zero attached hydrogens (tertiary/aromatic N) is 2. The molecule has 0 spiro atoms. The van der Waals surface area contributed by atoms with Crippen LogP contribution in [0.25, 0.3) is 0 Å². The van der Waals surface area contributed by atoms with Crippen molar-refractivity contribution < 1.29 is 5.21 Å². The lowest BCUT2D eigenvalue weighted by Gasteiger charge is -2.43. The van der Waals surface area contributed by atoms with Gasteiger partial charge in [0.25, 0.3) is 0 Å². The van der Waals surface area contributed by atoms with Crippen LogP contribution in [-0.2, 0) is 6.42 Å². The van der Waals surface area contributed by atoms with Gasteiger partial charge >= 0.3 is 0 Å². The number of hydrogen-bond acceptors (Lipinski definition) is 3. The molecule has 1 atom stereocenters. The maximum absolute atomic E-state index is 9.57. The highest BCUT2D eigenvalue weighted by molar-refractivity contribution is 6.11. The molecule has 1 fully saturated rings. The largest absolute Gasteiger partial charge is 0.411 e. The summed E-state index contributed by atoms with van der Waals surface area (Å²) in [6.45, 7) is 4.47. The van der Waals surface area contributed by atoms with Crippen molar-refractivity contribution in [2.24, 2.45) is 5.16 Å². The summed E-state index contributed by atoms with van der Waals surface area (Å²) in [5.41, 5.74) is 3.26. The highest BCUT2D eigenvalue weighted by Crippen LogP contribution is 2.38. The molecule has 3 heteroatoms. The van der Waals surface area contributed by atoms with Crippen molar-refractivity contribution in [3.8, 4) is 0 Å². The predicted octanol–water partition coefficient (Wildman–Crippen LogP) is 3.06. The standard InChI is InChI=1S/C16H22N2O/c1-2-16(18-10-6-3-7-11-18)12-13-8-4-5-9-14(13)15(16)17-19/h4-5,8-9,19H,2-3,6-7,10-12H2,1H3. The molecule has 102 valence electrons. The predicted molar refractivity (Wildman–Crippen MR) is 76.9 cm³/mol. The molecule has 1 saturated heterocycles. The molecule has 1 aliphatic heterocycles. The quantitative estimate of drug-likeness (QED) is 0.653. The van der Waals surface area contributed by atoms with Gasteiger partial charge < -0.3 is 5.21 Å². The van der Waals surface area contributed by atoms with E-state index in [1.54, 1.807) is 0 Å². The molecule has 0 saturated carbocycles. The van der Waals surface area contributed by atoms with Crippen molar-refractivity contribution in [2.45, 2.75) is 44.6 Å². The van der Waals surface area contributed by atoms with Gasteiger partial charge in [0, 0.05) is 5.56 Å². The average molecular weight is 258 g/mol. The molecule has 1 N–H and O–H groups in total. The first-order valence-electron chi connectivity index (χ1n) is 7.37. The Morgan fingerprint density at radius 3 is 2.63 bits per heavy atom. The first kappa shape index (κ1) is 12.7. The molecule has 1 heterocycles. The molecule has 3 rings (SSSR count). The number of oxime groups is 1. The second kappa shape index (κ2) is 4.97. The van der Waals surface area contributed by atoms with Gasteiger partial charge in [-0.3, -0.25) is 4.90 Å². The minimum absolute atomic E-state index is 0.0845. The molecule has 3 nitrogen and oxygen atoms in total. The van der Waals surface area contributed by atoms with Gasteiger partial charge in [0.05, 0.1) is 5.54 Å². The molecule has 2 aliphatic rings. The van der Waals surface area contributed by atoms with Crippen molar-refractivity contribution in [2.75, 3.05) is 13.1 Å². The Hall–Kier alpha value is -1.35. The van der Waals surface area contributed by atoms with E-state index in [4.69, 9.17) is 0 Å². The van der Waals surface area contributed by atoms with Crippen LogP contribution in [0, 0.1) is 0 Å². The lowest BCUT2D eigenvalue weighted by molar-refractivity contribution is 0.116. The summed E-state index contributed by atoms with van der Waals surface area (Å²) in [6, 6.07) is 8.37. The Labute approximate surface area is 114 Å². The molecule has 1 aliphatic carbocycles. The van der Waals surface area contributed by atoms with Crippen LogP contribution in [0.5, 0.6) is 0 Å². The first-order valence-corrected chi connectivity index (χ1v) is 7.37. The van der Waals surface area contributed by atoms with E-state index in [1.165, 1.54) is 24.8 Å². The lowest BCUT2D eigenvalue weighted by atomic mass is 9.86. The van der Waals surface area contributed by atoms with Gasteiger partial charge in [0.2, 0.25) is 0 Å². The SMILES string of the molecule is CCC1(N2CCCCC2)Cc2ccccc2C1=NO. The summed E-state index contributed by atoms with van der Waals surface area (Å²) in [5.74, 6) is 0. The van der Waals surface area contributed by atoms with Gasteiger partial charge in [-0.1, -0.05) is 42.8 Å². The van der Waals surface area contributed by atoms with Crippen LogP contribution in [0.3, 0.4) is 0 Å². The van der Waals surface area contributed by atoms with E-state index in [-0.39, 0.29) is 5.54 Å². The summed E-state index contributed by atoms with van der Waals surface area (Å²) in [7, 11) is 0. The van der Waals surface area contributed by atoms with Crippen LogP contribution >= 0.6 is 0 Å². The zero-order valence-electron chi connectivity index (χ0n) is 11.6. The fourth-order valence-corrected chi connectivity index (χ4v) is 3.80. The Morgan fingerprint density at radius 1 is 1.21 bits per heavy atom. The number of benzene rings is 1. The van der Waals surface area contributed by atoms with Crippen LogP contribution in [-0.4, -0.2) is 34.4 Å². The van der Waals surface area contributed by atoms with E-state index in [1.807, 2.05) is 6.07 Å². The third-order valence-electron chi connectivity index (χ3n) is 4.84. The van der Waals surface area contributed by atoms with E-state index >= 15 is 0 Å². The third kappa shape index (κ3) is 1.88. The van der Waals surface area contributed by atoms with Gasteiger partial charge in [-0.15, -0.1) is 0 Å². The number of rotatable bonds is 2. The Morgan fingerprint density at radius 2 is 1.95 bits per heavy atom. The van der Waals surface area contributed by atoms with Gasteiger partial charge in [-0.2, -0.15) is 0 Å². The fourth-order valence-electron chi connectivity index (χ4n) is 3.80. The second-order valence-corrected chi connectivity index (χ2v) is 5.72. The van der Waals surface area contributed by atoms with Gasteiger partial charge in [-0.05, 0) is 44.3 Å². The van der Waals surface area contributed by atoms with E-state index in [0.717, 1.165) is 37.2 Å². The van der Waals surface area contributed by atoms with Gasteiger partial charge in [0.1, 0.15) is 5.71 Å². The van der Waals surface area contributed by atoms with Crippen molar-refractivity contribution in [1.82, 2.24) is 4.90 Å². The Bertz CT molecular complexity index is 491. The van der Waals surface area contributed by atoms with Crippen LogP contribution in [0.1, 0.15) is 43.7 Å². The van der Waals surface area contributed by atoms with Crippen LogP contribution in [0.15, 0.2) is 29.4 Å². The van der Waals surface area contributed by atoms with Crippen LogP contribution in [0.2, 0.25) is 0 Å². The lowest BCUT2D eigenvalue weighted by Crippen LogP contribution is -2.55. The second-order valence-electron chi connectivity index (χ2n) is 5.72. The first-order chi connectivity index (χ1) is 9.31. The van der Waals surface area contributed by atoms with Gasteiger partial charge in [0.15, 0.2) is 0 Å². The zero-order chi connectivity index (χ0) is 13.3. The minimum atomic E-state index is -0.0845.